The van der Waals surface area contributed by atoms with Crippen molar-refractivity contribution < 1.29 is 14.6 Å². The molecule has 5 heteroatoms. The van der Waals surface area contributed by atoms with Gasteiger partial charge < -0.3 is 20.5 Å². The Morgan fingerprint density at radius 1 is 1.21 bits per heavy atom. The molecule has 0 spiro atoms. The summed E-state index contributed by atoms with van der Waals surface area (Å²) >= 11 is 0. The number of aliphatic hydroxyl groups is 1. The van der Waals surface area contributed by atoms with Gasteiger partial charge in [-0.15, -0.1) is 0 Å². The monoisotopic (exact) mass is 332 g/mol. The highest BCUT2D eigenvalue weighted by Gasteiger charge is 2.43. The lowest BCUT2D eigenvalue weighted by molar-refractivity contribution is 0.200. The Kier molecular flexibility index (Phi) is 5.96. The van der Waals surface area contributed by atoms with Gasteiger partial charge in [-0.2, -0.15) is 0 Å². The van der Waals surface area contributed by atoms with Crippen LogP contribution in [0.3, 0.4) is 0 Å². The third-order valence-electron chi connectivity index (χ3n) is 5.17. The van der Waals surface area contributed by atoms with Crippen LogP contribution >= 0.6 is 0 Å². The van der Waals surface area contributed by atoms with Crippen molar-refractivity contribution in [3.05, 3.63) is 29.8 Å². The predicted molar refractivity (Wildman–Crippen MR) is 92.9 cm³/mol. The number of hydrogen-bond acceptors (Lipinski definition) is 3. The number of ether oxygens (including phenoxy) is 1. The van der Waals surface area contributed by atoms with E-state index >= 15 is 0 Å². The van der Waals surface area contributed by atoms with E-state index in [9.17, 15) is 4.79 Å². The van der Waals surface area contributed by atoms with Crippen molar-refractivity contribution >= 4 is 6.03 Å². The van der Waals surface area contributed by atoms with Crippen LogP contribution in [0.2, 0.25) is 0 Å². The summed E-state index contributed by atoms with van der Waals surface area (Å²) in [7, 11) is 0. The number of para-hydroxylation sites is 1. The summed E-state index contributed by atoms with van der Waals surface area (Å²) in [5, 5.41) is 14.9. The van der Waals surface area contributed by atoms with Crippen LogP contribution in [-0.2, 0) is 6.54 Å². The van der Waals surface area contributed by atoms with E-state index in [-0.39, 0.29) is 19.2 Å². The zero-order valence-corrected chi connectivity index (χ0v) is 14.2. The number of carbonyl (C=O) groups excluding carboxylic acids is 1. The molecule has 1 aromatic rings. The topological polar surface area (TPSA) is 70.6 Å². The Labute approximate surface area is 143 Å². The van der Waals surface area contributed by atoms with E-state index in [2.05, 4.69) is 10.6 Å². The standard InChI is InChI=1S/C19H28N2O3/c22-10-11-24-18-9-5-4-8-15(18)13-20-19(23)21-17-12-16(17)14-6-2-1-3-7-14/h4-5,8-9,14,16-17,22H,1-3,6-7,10-13H2,(H2,20,21,23). The molecule has 2 amide bonds. The Hall–Kier alpha value is -1.75. The molecule has 0 saturated heterocycles. The number of urea groups is 1. The van der Waals surface area contributed by atoms with Crippen molar-refractivity contribution in [1.29, 1.82) is 0 Å². The minimum absolute atomic E-state index is 0.0213. The number of rotatable bonds is 7. The van der Waals surface area contributed by atoms with E-state index < -0.39 is 0 Å². The molecule has 2 saturated carbocycles. The highest BCUT2D eigenvalue weighted by Crippen LogP contribution is 2.44. The molecule has 0 aromatic heterocycles. The maximum Gasteiger partial charge on any atom is 0.315 e. The van der Waals surface area contributed by atoms with Crippen molar-refractivity contribution in [1.82, 2.24) is 10.6 Å². The fourth-order valence-corrected chi connectivity index (χ4v) is 3.81. The van der Waals surface area contributed by atoms with Gasteiger partial charge in [0, 0.05) is 18.2 Å². The molecule has 2 aliphatic carbocycles. The molecular formula is C19H28N2O3. The highest BCUT2D eigenvalue weighted by atomic mass is 16.5. The molecule has 0 aliphatic heterocycles. The zero-order chi connectivity index (χ0) is 16.8. The maximum absolute atomic E-state index is 12.1. The molecular weight excluding hydrogens is 304 g/mol. The van der Waals surface area contributed by atoms with E-state index in [1.807, 2.05) is 24.3 Å². The Bertz CT molecular complexity index is 543. The lowest BCUT2D eigenvalue weighted by atomic mass is 9.85. The average molecular weight is 332 g/mol. The Morgan fingerprint density at radius 3 is 2.79 bits per heavy atom. The fraction of sp³-hybridized carbons (Fsp3) is 0.632. The van der Waals surface area contributed by atoms with Gasteiger partial charge in [-0.25, -0.2) is 4.79 Å². The van der Waals surface area contributed by atoms with E-state index in [0.29, 0.717) is 24.3 Å². The van der Waals surface area contributed by atoms with Gasteiger partial charge in [-0.1, -0.05) is 50.3 Å². The smallest absolute Gasteiger partial charge is 0.315 e. The quantitative estimate of drug-likeness (QED) is 0.719. The van der Waals surface area contributed by atoms with Gasteiger partial charge in [0.2, 0.25) is 0 Å². The van der Waals surface area contributed by atoms with Crippen molar-refractivity contribution in [2.75, 3.05) is 13.2 Å². The molecule has 2 aliphatic rings. The Balaban J connectivity index is 1.42. The number of nitrogens with one attached hydrogen (secondary N) is 2. The second-order valence-electron chi connectivity index (χ2n) is 6.91. The number of carbonyl (C=O) groups is 1. The fourth-order valence-electron chi connectivity index (χ4n) is 3.81. The minimum Gasteiger partial charge on any atom is -0.491 e. The molecule has 0 heterocycles. The summed E-state index contributed by atoms with van der Waals surface area (Å²) in [6.07, 6.45) is 7.88. The number of amides is 2. The van der Waals surface area contributed by atoms with Crippen LogP contribution < -0.4 is 15.4 Å². The zero-order valence-electron chi connectivity index (χ0n) is 14.2. The third-order valence-corrected chi connectivity index (χ3v) is 5.17. The van der Waals surface area contributed by atoms with Crippen molar-refractivity contribution in [3.8, 4) is 5.75 Å². The average Bonchev–Trinajstić information content (AvgIpc) is 3.38. The van der Waals surface area contributed by atoms with Gasteiger partial charge in [-0.05, 0) is 24.3 Å². The van der Waals surface area contributed by atoms with Gasteiger partial charge in [-0.3, -0.25) is 0 Å². The van der Waals surface area contributed by atoms with Crippen LogP contribution in [-0.4, -0.2) is 30.4 Å². The summed E-state index contributed by atoms with van der Waals surface area (Å²) in [6, 6.07) is 7.83. The molecule has 2 atom stereocenters. The van der Waals surface area contributed by atoms with Crippen LogP contribution in [0.1, 0.15) is 44.1 Å². The van der Waals surface area contributed by atoms with Crippen molar-refractivity contribution in [2.24, 2.45) is 11.8 Å². The number of hydrogen-bond donors (Lipinski definition) is 3. The summed E-state index contributed by atoms with van der Waals surface area (Å²) in [6.45, 7) is 0.662. The summed E-state index contributed by atoms with van der Waals surface area (Å²) in [4.78, 5) is 12.1. The van der Waals surface area contributed by atoms with Crippen molar-refractivity contribution in [2.45, 2.75) is 51.1 Å². The molecule has 24 heavy (non-hydrogen) atoms. The largest absolute Gasteiger partial charge is 0.491 e. The highest BCUT2D eigenvalue weighted by molar-refractivity contribution is 5.74. The Morgan fingerprint density at radius 2 is 2.00 bits per heavy atom. The second-order valence-corrected chi connectivity index (χ2v) is 6.91. The maximum atomic E-state index is 12.1. The van der Waals surface area contributed by atoms with Gasteiger partial charge in [0.25, 0.3) is 0 Å². The van der Waals surface area contributed by atoms with E-state index in [1.165, 1.54) is 32.1 Å². The third kappa shape index (κ3) is 4.63. The van der Waals surface area contributed by atoms with Crippen LogP contribution in [0.5, 0.6) is 5.75 Å². The van der Waals surface area contributed by atoms with E-state index in [4.69, 9.17) is 9.84 Å². The van der Waals surface area contributed by atoms with Crippen LogP contribution in [0, 0.1) is 11.8 Å². The molecule has 0 radical (unpaired) electrons. The first-order valence-electron chi connectivity index (χ1n) is 9.14. The number of aliphatic hydroxyl groups excluding tert-OH is 1. The first kappa shape index (κ1) is 17.1. The second kappa shape index (κ2) is 8.38. The lowest BCUT2D eigenvalue weighted by Crippen LogP contribution is -2.37. The first-order chi connectivity index (χ1) is 11.8. The van der Waals surface area contributed by atoms with Crippen molar-refractivity contribution in [3.63, 3.8) is 0 Å². The van der Waals surface area contributed by atoms with E-state index in [1.54, 1.807) is 0 Å². The van der Waals surface area contributed by atoms with Gasteiger partial charge in [0.05, 0.1) is 6.61 Å². The van der Waals surface area contributed by atoms with Crippen LogP contribution in [0.25, 0.3) is 0 Å². The molecule has 2 fully saturated rings. The summed E-state index contributed by atoms with van der Waals surface area (Å²) < 4.78 is 5.49. The normalized spacial score (nSPS) is 23.5. The molecule has 2 unspecified atom stereocenters. The van der Waals surface area contributed by atoms with E-state index in [0.717, 1.165) is 17.9 Å². The van der Waals surface area contributed by atoms with Crippen LogP contribution in [0.4, 0.5) is 4.79 Å². The SMILES string of the molecule is O=C(NCc1ccccc1OCCO)NC1CC1C1CCCCC1. The molecule has 3 rings (SSSR count). The minimum atomic E-state index is -0.102. The first-order valence-corrected chi connectivity index (χ1v) is 9.14. The van der Waals surface area contributed by atoms with Gasteiger partial charge in [0.1, 0.15) is 12.4 Å². The van der Waals surface area contributed by atoms with Gasteiger partial charge in [0.15, 0.2) is 0 Å². The number of benzene rings is 1. The molecule has 5 nitrogen and oxygen atoms in total. The molecule has 132 valence electrons. The molecule has 0 bridgehead atoms. The molecule has 1 aromatic carbocycles. The lowest BCUT2D eigenvalue weighted by Gasteiger charge is -2.21. The molecule has 3 N–H and O–H groups in total. The summed E-state index contributed by atoms with van der Waals surface area (Å²) in [5.41, 5.74) is 0.917. The summed E-state index contributed by atoms with van der Waals surface area (Å²) in [5.74, 6) is 2.21. The van der Waals surface area contributed by atoms with Crippen LogP contribution in [0.15, 0.2) is 24.3 Å². The van der Waals surface area contributed by atoms with Gasteiger partial charge >= 0.3 is 6.03 Å². The predicted octanol–water partition coefficient (Wildman–Crippen LogP) is 2.83.